The van der Waals surface area contributed by atoms with Crippen LogP contribution >= 0.6 is 22.9 Å². The molecule has 0 bridgehead atoms. The molecule has 108 valence electrons. The van der Waals surface area contributed by atoms with Crippen LogP contribution in [0.1, 0.15) is 21.5 Å². The van der Waals surface area contributed by atoms with E-state index in [1.807, 2.05) is 25.1 Å². The summed E-state index contributed by atoms with van der Waals surface area (Å²) in [6.45, 7) is 1.90. The molecular formula is C16H10ClN3OS. The second-order valence-corrected chi connectivity index (χ2v) is 6.12. The van der Waals surface area contributed by atoms with Gasteiger partial charge in [0.2, 0.25) is 0 Å². The number of anilines is 1. The Balaban J connectivity index is 1.87. The fourth-order valence-electron chi connectivity index (χ4n) is 2.02. The van der Waals surface area contributed by atoms with Gasteiger partial charge in [0.25, 0.3) is 5.91 Å². The predicted octanol–water partition coefficient (Wildman–Crippen LogP) is 4.38. The van der Waals surface area contributed by atoms with Crippen LogP contribution in [0.25, 0.3) is 10.2 Å². The minimum absolute atomic E-state index is 0.257. The van der Waals surface area contributed by atoms with Crippen LogP contribution in [0.5, 0.6) is 0 Å². The number of thiazole rings is 1. The van der Waals surface area contributed by atoms with Gasteiger partial charge in [0.1, 0.15) is 0 Å². The predicted molar refractivity (Wildman–Crippen MR) is 88.5 cm³/mol. The zero-order valence-corrected chi connectivity index (χ0v) is 13.1. The van der Waals surface area contributed by atoms with E-state index in [2.05, 4.69) is 10.3 Å². The van der Waals surface area contributed by atoms with Gasteiger partial charge >= 0.3 is 0 Å². The van der Waals surface area contributed by atoms with E-state index in [9.17, 15) is 4.79 Å². The van der Waals surface area contributed by atoms with Crippen molar-refractivity contribution in [3.05, 3.63) is 58.1 Å². The third kappa shape index (κ3) is 2.67. The minimum Gasteiger partial charge on any atom is -0.298 e. The average molecular weight is 328 g/mol. The van der Waals surface area contributed by atoms with Crippen LogP contribution in [0.4, 0.5) is 5.13 Å². The number of aryl methyl sites for hydroxylation is 1. The van der Waals surface area contributed by atoms with Gasteiger partial charge in [0.15, 0.2) is 5.13 Å². The van der Waals surface area contributed by atoms with E-state index in [0.29, 0.717) is 21.3 Å². The molecule has 2 aromatic carbocycles. The van der Waals surface area contributed by atoms with E-state index in [4.69, 9.17) is 16.9 Å². The largest absolute Gasteiger partial charge is 0.298 e. The lowest BCUT2D eigenvalue weighted by molar-refractivity contribution is 0.102. The minimum atomic E-state index is -0.257. The highest BCUT2D eigenvalue weighted by molar-refractivity contribution is 7.22. The quantitative estimate of drug-likeness (QED) is 0.759. The number of benzene rings is 2. The summed E-state index contributed by atoms with van der Waals surface area (Å²) in [5.74, 6) is -0.257. The van der Waals surface area contributed by atoms with Crippen LogP contribution in [0.2, 0.25) is 5.02 Å². The molecule has 6 heteroatoms. The molecule has 0 aliphatic rings. The van der Waals surface area contributed by atoms with Crippen LogP contribution in [0.3, 0.4) is 0 Å². The Morgan fingerprint density at radius 3 is 2.68 bits per heavy atom. The number of fused-ring (bicyclic) bond motifs is 1. The monoisotopic (exact) mass is 327 g/mol. The van der Waals surface area contributed by atoms with E-state index in [1.165, 1.54) is 11.3 Å². The molecule has 0 aliphatic heterocycles. The Morgan fingerprint density at radius 1 is 1.27 bits per heavy atom. The van der Waals surface area contributed by atoms with Gasteiger partial charge in [-0.1, -0.05) is 22.9 Å². The molecule has 0 atom stereocenters. The number of hydrogen-bond acceptors (Lipinski definition) is 4. The summed E-state index contributed by atoms with van der Waals surface area (Å²) in [6.07, 6.45) is 0. The molecule has 0 fully saturated rings. The number of nitrogens with one attached hydrogen (secondary N) is 1. The number of carbonyl (C=O) groups excluding carboxylic acids is 1. The zero-order valence-electron chi connectivity index (χ0n) is 11.6. The molecule has 1 amide bonds. The van der Waals surface area contributed by atoms with Crippen LogP contribution in [0.15, 0.2) is 36.4 Å². The molecule has 1 N–H and O–H groups in total. The number of aromatic nitrogens is 1. The lowest BCUT2D eigenvalue weighted by Gasteiger charge is -2.01. The first-order valence-electron chi connectivity index (χ1n) is 6.45. The topological polar surface area (TPSA) is 65.8 Å². The number of halogens is 1. The molecule has 0 radical (unpaired) electrons. The summed E-state index contributed by atoms with van der Waals surface area (Å²) in [5.41, 5.74) is 2.69. The van der Waals surface area contributed by atoms with Crippen LogP contribution in [-0.2, 0) is 0 Å². The Hall–Kier alpha value is -2.42. The van der Waals surface area contributed by atoms with Crippen molar-refractivity contribution in [2.45, 2.75) is 6.92 Å². The zero-order chi connectivity index (χ0) is 15.7. The highest BCUT2D eigenvalue weighted by Gasteiger charge is 2.12. The normalized spacial score (nSPS) is 10.4. The summed E-state index contributed by atoms with van der Waals surface area (Å²) < 4.78 is 0.969. The van der Waals surface area contributed by atoms with Gasteiger partial charge in [-0.25, -0.2) is 4.98 Å². The standard InChI is InChI=1S/C16H10ClN3OS/c1-9-12(17)6-7-13-14(9)19-16(22-13)20-15(21)11-4-2-10(8-18)3-5-11/h2-7H,1H3,(H,19,20,21). The molecule has 0 saturated heterocycles. The SMILES string of the molecule is Cc1c(Cl)ccc2sc(NC(=O)c3ccc(C#N)cc3)nc12. The first-order chi connectivity index (χ1) is 10.6. The van der Waals surface area contributed by atoms with Crippen molar-refractivity contribution in [1.29, 1.82) is 5.26 Å². The van der Waals surface area contributed by atoms with Crippen LogP contribution < -0.4 is 5.32 Å². The van der Waals surface area contributed by atoms with Gasteiger partial charge < -0.3 is 0 Å². The Labute approximate surface area is 136 Å². The Bertz CT molecular complexity index is 910. The number of hydrogen-bond donors (Lipinski definition) is 1. The molecule has 4 nitrogen and oxygen atoms in total. The number of carbonyl (C=O) groups is 1. The van der Waals surface area contributed by atoms with Crippen molar-refractivity contribution >= 4 is 44.2 Å². The van der Waals surface area contributed by atoms with Crippen molar-refractivity contribution in [2.24, 2.45) is 0 Å². The van der Waals surface area contributed by atoms with Gasteiger partial charge in [0.05, 0.1) is 21.8 Å². The molecule has 3 rings (SSSR count). The summed E-state index contributed by atoms with van der Waals surface area (Å²) in [7, 11) is 0. The van der Waals surface area contributed by atoms with E-state index in [0.717, 1.165) is 15.8 Å². The molecule has 0 saturated carbocycles. The lowest BCUT2D eigenvalue weighted by atomic mass is 10.1. The average Bonchev–Trinajstić information content (AvgIpc) is 2.94. The number of nitriles is 1. The van der Waals surface area contributed by atoms with Gasteiger partial charge in [-0.15, -0.1) is 0 Å². The molecule has 0 spiro atoms. The lowest BCUT2D eigenvalue weighted by Crippen LogP contribution is -2.11. The second-order valence-electron chi connectivity index (χ2n) is 4.68. The first kappa shape index (κ1) is 14.5. The van der Waals surface area contributed by atoms with Gasteiger partial charge in [-0.2, -0.15) is 5.26 Å². The van der Waals surface area contributed by atoms with Crippen molar-refractivity contribution in [3.63, 3.8) is 0 Å². The maximum absolute atomic E-state index is 12.2. The van der Waals surface area contributed by atoms with Crippen molar-refractivity contribution in [2.75, 3.05) is 5.32 Å². The maximum Gasteiger partial charge on any atom is 0.257 e. The number of nitrogens with zero attached hydrogens (tertiary/aromatic N) is 2. The number of amides is 1. The molecule has 0 aliphatic carbocycles. The first-order valence-corrected chi connectivity index (χ1v) is 7.65. The third-order valence-corrected chi connectivity index (χ3v) is 4.59. The van der Waals surface area contributed by atoms with Crippen molar-refractivity contribution in [1.82, 2.24) is 4.98 Å². The van der Waals surface area contributed by atoms with Crippen LogP contribution in [0, 0.1) is 18.3 Å². The third-order valence-electron chi connectivity index (χ3n) is 3.24. The summed E-state index contributed by atoms with van der Waals surface area (Å²) >= 11 is 7.47. The summed E-state index contributed by atoms with van der Waals surface area (Å²) in [5, 5.41) is 12.7. The molecule has 1 aromatic heterocycles. The fraction of sp³-hybridized carbons (Fsp3) is 0.0625. The molecule has 1 heterocycles. The maximum atomic E-state index is 12.2. The smallest absolute Gasteiger partial charge is 0.257 e. The van der Waals surface area contributed by atoms with Crippen LogP contribution in [-0.4, -0.2) is 10.9 Å². The van der Waals surface area contributed by atoms with Crippen molar-refractivity contribution < 1.29 is 4.79 Å². The van der Waals surface area contributed by atoms with E-state index in [-0.39, 0.29) is 5.91 Å². The fourth-order valence-corrected chi connectivity index (χ4v) is 3.09. The van der Waals surface area contributed by atoms with Gasteiger partial charge in [-0.3, -0.25) is 10.1 Å². The van der Waals surface area contributed by atoms with Gasteiger partial charge in [0, 0.05) is 10.6 Å². The molecule has 22 heavy (non-hydrogen) atoms. The highest BCUT2D eigenvalue weighted by atomic mass is 35.5. The van der Waals surface area contributed by atoms with Gasteiger partial charge in [-0.05, 0) is 48.9 Å². The number of rotatable bonds is 2. The summed E-state index contributed by atoms with van der Waals surface area (Å²) in [4.78, 5) is 16.6. The Kier molecular flexibility index (Phi) is 3.80. The highest BCUT2D eigenvalue weighted by Crippen LogP contribution is 2.31. The molecule has 0 unspecified atom stereocenters. The van der Waals surface area contributed by atoms with E-state index >= 15 is 0 Å². The summed E-state index contributed by atoms with van der Waals surface area (Å²) in [6, 6.07) is 12.2. The molecular weight excluding hydrogens is 318 g/mol. The van der Waals surface area contributed by atoms with Crippen molar-refractivity contribution in [3.8, 4) is 6.07 Å². The second kappa shape index (κ2) is 5.76. The van der Waals surface area contributed by atoms with E-state index < -0.39 is 0 Å². The van der Waals surface area contributed by atoms with E-state index in [1.54, 1.807) is 24.3 Å². The molecule has 3 aromatic rings. The Morgan fingerprint density at radius 2 is 2.00 bits per heavy atom.